The average Bonchev–Trinajstić information content (AvgIpc) is 2.90. The van der Waals surface area contributed by atoms with Crippen molar-refractivity contribution in [1.82, 2.24) is 0 Å². The molecule has 23 heavy (non-hydrogen) atoms. The van der Waals surface area contributed by atoms with Crippen LogP contribution in [0.4, 0.5) is 11.4 Å². The standard InChI is InChI=1S/C18H14N2O3/c1-22-13-8-6-12(7-9-13)20-14-4-2-3-11-5-10-15(23-19)17(16(11)14)18(20)21/h2-10H,19H2,1H3. The number of carbonyl (C=O) groups is 1. The van der Waals surface area contributed by atoms with Crippen molar-refractivity contribution in [1.29, 1.82) is 0 Å². The van der Waals surface area contributed by atoms with Gasteiger partial charge in [-0.05, 0) is 41.8 Å². The third-order valence-corrected chi connectivity index (χ3v) is 4.10. The van der Waals surface area contributed by atoms with E-state index < -0.39 is 0 Å². The smallest absolute Gasteiger partial charge is 0.267 e. The monoisotopic (exact) mass is 306 g/mol. The van der Waals surface area contributed by atoms with Gasteiger partial charge in [-0.25, -0.2) is 0 Å². The third-order valence-electron chi connectivity index (χ3n) is 4.10. The van der Waals surface area contributed by atoms with Gasteiger partial charge in [0.1, 0.15) is 5.75 Å². The van der Waals surface area contributed by atoms with Gasteiger partial charge in [-0.15, -0.1) is 0 Å². The number of rotatable bonds is 3. The number of hydrogen-bond donors (Lipinski definition) is 1. The number of methoxy groups -OCH3 is 1. The number of benzene rings is 3. The molecule has 0 spiro atoms. The number of nitrogens with two attached hydrogens (primary N) is 1. The average molecular weight is 306 g/mol. The largest absolute Gasteiger partial charge is 0.497 e. The first-order chi connectivity index (χ1) is 11.2. The first-order valence-corrected chi connectivity index (χ1v) is 7.15. The molecule has 1 heterocycles. The fourth-order valence-corrected chi connectivity index (χ4v) is 3.05. The van der Waals surface area contributed by atoms with Crippen molar-refractivity contribution in [3.8, 4) is 11.5 Å². The summed E-state index contributed by atoms with van der Waals surface area (Å²) in [6.45, 7) is 0. The van der Waals surface area contributed by atoms with Crippen LogP contribution in [0.2, 0.25) is 0 Å². The van der Waals surface area contributed by atoms with E-state index in [9.17, 15) is 4.79 Å². The van der Waals surface area contributed by atoms with Gasteiger partial charge in [0.15, 0.2) is 5.75 Å². The SMILES string of the molecule is COc1ccc(N2C(=O)c3c(ON)ccc4cccc2c34)cc1. The molecule has 5 heteroatoms. The fourth-order valence-electron chi connectivity index (χ4n) is 3.05. The Bertz CT molecular complexity index is 919. The van der Waals surface area contributed by atoms with E-state index in [-0.39, 0.29) is 5.91 Å². The zero-order chi connectivity index (χ0) is 16.0. The molecule has 4 rings (SSSR count). The van der Waals surface area contributed by atoms with Crippen LogP contribution in [0, 0.1) is 0 Å². The minimum absolute atomic E-state index is 0.151. The molecule has 0 aliphatic carbocycles. The summed E-state index contributed by atoms with van der Waals surface area (Å²) in [7, 11) is 1.61. The molecule has 5 nitrogen and oxygen atoms in total. The van der Waals surface area contributed by atoms with Gasteiger partial charge in [0, 0.05) is 11.1 Å². The maximum absolute atomic E-state index is 13.0. The Morgan fingerprint density at radius 2 is 1.78 bits per heavy atom. The molecule has 0 radical (unpaired) electrons. The number of hydrogen-bond acceptors (Lipinski definition) is 4. The molecular weight excluding hydrogens is 292 g/mol. The van der Waals surface area contributed by atoms with Crippen LogP contribution in [0.5, 0.6) is 11.5 Å². The zero-order valence-corrected chi connectivity index (χ0v) is 12.4. The van der Waals surface area contributed by atoms with Gasteiger partial charge in [0.05, 0.1) is 18.4 Å². The molecule has 0 saturated heterocycles. The molecule has 0 unspecified atom stereocenters. The Labute approximate surface area is 132 Å². The molecule has 0 saturated carbocycles. The summed E-state index contributed by atoms with van der Waals surface area (Å²) < 4.78 is 5.17. The van der Waals surface area contributed by atoms with E-state index in [0.29, 0.717) is 11.3 Å². The van der Waals surface area contributed by atoms with Gasteiger partial charge in [-0.1, -0.05) is 18.2 Å². The maximum atomic E-state index is 13.0. The Morgan fingerprint density at radius 3 is 2.48 bits per heavy atom. The van der Waals surface area contributed by atoms with Crippen LogP contribution in [-0.4, -0.2) is 13.0 Å². The molecular formula is C18H14N2O3. The highest BCUT2D eigenvalue weighted by molar-refractivity contribution is 6.29. The molecule has 0 aromatic heterocycles. The van der Waals surface area contributed by atoms with Crippen LogP contribution in [0.3, 0.4) is 0 Å². The summed E-state index contributed by atoms with van der Waals surface area (Å²) in [5.41, 5.74) is 2.09. The van der Waals surface area contributed by atoms with Crippen molar-refractivity contribution in [3.05, 3.63) is 60.2 Å². The Hall–Kier alpha value is -3.05. The molecule has 114 valence electrons. The number of anilines is 2. The van der Waals surface area contributed by atoms with Gasteiger partial charge >= 0.3 is 0 Å². The van der Waals surface area contributed by atoms with Gasteiger partial charge in [-0.3, -0.25) is 9.69 Å². The molecule has 3 aromatic carbocycles. The second-order valence-electron chi connectivity index (χ2n) is 5.27. The van der Waals surface area contributed by atoms with Crippen molar-refractivity contribution in [3.63, 3.8) is 0 Å². The third kappa shape index (κ3) is 1.87. The van der Waals surface area contributed by atoms with E-state index in [0.717, 1.165) is 27.9 Å². The van der Waals surface area contributed by atoms with Crippen molar-refractivity contribution < 1.29 is 14.4 Å². The number of nitrogens with zero attached hydrogens (tertiary/aromatic N) is 1. The van der Waals surface area contributed by atoms with E-state index in [1.165, 1.54) is 0 Å². The lowest BCUT2D eigenvalue weighted by molar-refractivity contribution is 0.100. The van der Waals surface area contributed by atoms with Crippen LogP contribution >= 0.6 is 0 Å². The lowest BCUT2D eigenvalue weighted by Crippen LogP contribution is -2.21. The summed E-state index contributed by atoms with van der Waals surface area (Å²) >= 11 is 0. The molecule has 2 N–H and O–H groups in total. The highest BCUT2D eigenvalue weighted by atomic mass is 16.6. The highest BCUT2D eigenvalue weighted by Gasteiger charge is 2.33. The highest BCUT2D eigenvalue weighted by Crippen LogP contribution is 2.45. The predicted octanol–water partition coefficient (Wildman–Crippen LogP) is 3.39. The summed E-state index contributed by atoms with van der Waals surface area (Å²) in [6.07, 6.45) is 0. The summed E-state index contributed by atoms with van der Waals surface area (Å²) in [5, 5.41) is 1.83. The van der Waals surface area contributed by atoms with Crippen molar-refractivity contribution in [2.75, 3.05) is 12.0 Å². The van der Waals surface area contributed by atoms with Crippen molar-refractivity contribution >= 4 is 28.1 Å². The Morgan fingerprint density at radius 1 is 1.00 bits per heavy atom. The minimum atomic E-state index is -0.151. The Kier molecular flexibility index (Phi) is 2.96. The van der Waals surface area contributed by atoms with E-state index in [1.54, 1.807) is 18.1 Å². The first kappa shape index (κ1) is 13.6. The van der Waals surface area contributed by atoms with E-state index in [2.05, 4.69) is 0 Å². The quantitative estimate of drug-likeness (QED) is 0.753. The van der Waals surface area contributed by atoms with Gasteiger partial charge < -0.3 is 9.57 Å². The van der Waals surface area contributed by atoms with Crippen LogP contribution in [-0.2, 0) is 0 Å². The molecule has 0 bridgehead atoms. The number of amides is 1. The normalized spacial score (nSPS) is 12.8. The van der Waals surface area contributed by atoms with Gasteiger partial charge in [0.2, 0.25) is 0 Å². The second kappa shape index (κ2) is 5.00. The predicted molar refractivity (Wildman–Crippen MR) is 88.2 cm³/mol. The Balaban J connectivity index is 1.94. The van der Waals surface area contributed by atoms with Crippen LogP contribution in [0.25, 0.3) is 10.8 Å². The van der Waals surface area contributed by atoms with Crippen molar-refractivity contribution in [2.24, 2.45) is 5.90 Å². The number of ether oxygens (including phenoxy) is 1. The number of carbonyl (C=O) groups excluding carboxylic acids is 1. The van der Waals surface area contributed by atoms with Crippen LogP contribution < -0.4 is 20.4 Å². The summed E-state index contributed by atoms with van der Waals surface area (Å²) in [5.74, 6) is 6.31. The topological polar surface area (TPSA) is 64.8 Å². The van der Waals surface area contributed by atoms with E-state index in [1.807, 2.05) is 48.5 Å². The minimum Gasteiger partial charge on any atom is -0.497 e. The van der Waals surface area contributed by atoms with Crippen LogP contribution in [0.15, 0.2) is 54.6 Å². The molecule has 0 fully saturated rings. The molecule has 1 aliphatic heterocycles. The van der Waals surface area contributed by atoms with Crippen molar-refractivity contribution in [2.45, 2.75) is 0 Å². The first-order valence-electron chi connectivity index (χ1n) is 7.15. The molecule has 1 aliphatic rings. The van der Waals surface area contributed by atoms with Gasteiger partial charge in [0.25, 0.3) is 5.91 Å². The summed E-state index contributed by atoms with van der Waals surface area (Å²) in [4.78, 5) is 19.5. The lowest BCUT2D eigenvalue weighted by atomic mass is 10.0. The lowest BCUT2D eigenvalue weighted by Gasteiger charge is -2.18. The zero-order valence-electron chi connectivity index (χ0n) is 12.4. The summed E-state index contributed by atoms with van der Waals surface area (Å²) in [6, 6.07) is 16.8. The molecule has 3 aromatic rings. The van der Waals surface area contributed by atoms with Crippen LogP contribution in [0.1, 0.15) is 10.4 Å². The molecule has 0 atom stereocenters. The molecule has 1 amide bonds. The van der Waals surface area contributed by atoms with E-state index in [4.69, 9.17) is 15.5 Å². The van der Waals surface area contributed by atoms with E-state index >= 15 is 0 Å². The second-order valence-corrected chi connectivity index (χ2v) is 5.27. The maximum Gasteiger partial charge on any atom is 0.267 e. The van der Waals surface area contributed by atoms with Gasteiger partial charge in [-0.2, -0.15) is 5.90 Å². The fraction of sp³-hybridized carbons (Fsp3) is 0.0556.